The van der Waals surface area contributed by atoms with E-state index in [9.17, 15) is 4.79 Å². The summed E-state index contributed by atoms with van der Waals surface area (Å²) in [5.74, 6) is 0.725. The molecule has 0 unspecified atom stereocenters. The number of aromatic nitrogens is 2. The van der Waals surface area contributed by atoms with Gasteiger partial charge in [0.1, 0.15) is 0 Å². The monoisotopic (exact) mass is 189 g/mol. The van der Waals surface area contributed by atoms with Crippen LogP contribution in [0.15, 0.2) is 29.1 Å². The normalized spacial score (nSPS) is 10.4. The Kier molecular flexibility index (Phi) is 2.18. The maximum absolute atomic E-state index is 11.4. The summed E-state index contributed by atoms with van der Waals surface area (Å²) >= 11 is 0. The lowest BCUT2D eigenvalue weighted by molar-refractivity contribution is 0.997. The molecule has 0 aliphatic carbocycles. The Morgan fingerprint density at radius 1 is 1.36 bits per heavy atom. The van der Waals surface area contributed by atoms with Crippen LogP contribution in [0.1, 0.15) is 6.92 Å². The van der Waals surface area contributed by atoms with E-state index in [1.807, 2.05) is 25.1 Å². The number of aromatic amines is 1. The van der Waals surface area contributed by atoms with E-state index in [4.69, 9.17) is 0 Å². The number of nitrogens with zero attached hydrogens (tertiary/aromatic N) is 1. The first-order valence-corrected chi connectivity index (χ1v) is 4.54. The first kappa shape index (κ1) is 8.74. The van der Waals surface area contributed by atoms with Gasteiger partial charge in [0.25, 0.3) is 5.56 Å². The topological polar surface area (TPSA) is 57.8 Å². The Bertz CT molecular complexity index is 504. The quantitative estimate of drug-likeness (QED) is 0.749. The van der Waals surface area contributed by atoms with Gasteiger partial charge in [0.2, 0.25) is 0 Å². The van der Waals surface area contributed by atoms with E-state index in [-0.39, 0.29) is 5.56 Å². The lowest BCUT2D eigenvalue weighted by atomic mass is 10.2. The van der Waals surface area contributed by atoms with Gasteiger partial charge in [0.05, 0.1) is 5.39 Å². The van der Waals surface area contributed by atoms with Crippen molar-refractivity contribution in [3.05, 3.63) is 34.6 Å². The minimum absolute atomic E-state index is 0.151. The molecule has 0 bridgehead atoms. The lowest BCUT2D eigenvalue weighted by Gasteiger charge is -2.04. The van der Waals surface area contributed by atoms with Gasteiger partial charge >= 0.3 is 0 Å². The van der Waals surface area contributed by atoms with Gasteiger partial charge in [-0.2, -0.15) is 5.10 Å². The third-order valence-corrected chi connectivity index (χ3v) is 2.04. The smallest absolute Gasteiger partial charge is 0.272 e. The van der Waals surface area contributed by atoms with Crippen molar-refractivity contribution in [2.75, 3.05) is 11.9 Å². The molecule has 2 aromatic rings. The molecule has 1 aromatic heterocycles. The van der Waals surface area contributed by atoms with E-state index in [0.717, 1.165) is 17.7 Å². The van der Waals surface area contributed by atoms with Crippen LogP contribution >= 0.6 is 0 Å². The lowest BCUT2D eigenvalue weighted by Crippen LogP contribution is -2.11. The Morgan fingerprint density at radius 2 is 2.07 bits per heavy atom. The maximum atomic E-state index is 11.4. The van der Waals surface area contributed by atoms with Crippen LogP contribution in [0.3, 0.4) is 0 Å². The standard InChI is InChI=1S/C10H11N3O/c1-2-11-9-7-5-3-4-6-8(7)10(14)13-12-9/h3-6H,2H2,1H3,(H,11,12)(H,13,14). The summed E-state index contributed by atoms with van der Waals surface area (Å²) in [6.07, 6.45) is 0. The van der Waals surface area contributed by atoms with Crippen LogP contribution in [0.5, 0.6) is 0 Å². The fourth-order valence-electron chi connectivity index (χ4n) is 1.42. The van der Waals surface area contributed by atoms with Crippen LogP contribution in [0, 0.1) is 0 Å². The summed E-state index contributed by atoms with van der Waals surface area (Å²) in [6, 6.07) is 7.41. The predicted molar refractivity (Wildman–Crippen MR) is 56.5 cm³/mol. The third-order valence-electron chi connectivity index (χ3n) is 2.04. The molecule has 2 N–H and O–H groups in total. The highest BCUT2D eigenvalue weighted by Gasteiger charge is 2.03. The zero-order chi connectivity index (χ0) is 9.97. The Labute approximate surface area is 81.0 Å². The second-order valence-electron chi connectivity index (χ2n) is 2.98. The van der Waals surface area contributed by atoms with Crippen molar-refractivity contribution >= 4 is 16.6 Å². The van der Waals surface area contributed by atoms with E-state index in [1.54, 1.807) is 6.07 Å². The van der Waals surface area contributed by atoms with Gasteiger partial charge in [-0.05, 0) is 13.0 Å². The van der Waals surface area contributed by atoms with E-state index in [1.165, 1.54) is 0 Å². The molecule has 0 aliphatic rings. The molecule has 1 aromatic carbocycles. The second-order valence-corrected chi connectivity index (χ2v) is 2.98. The van der Waals surface area contributed by atoms with E-state index >= 15 is 0 Å². The molecule has 0 fully saturated rings. The Balaban J connectivity index is 2.75. The highest BCUT2D eigenvalue weighted by molar-refractivity contribution is 5.90. The van der Waals surface area contributed by atoms with Crippen molar-refractivity contribution in [3.8, 4) is 0 Å². The average Bonchev–Trinajstić information content (AvgIpc) is 2.23. The molecule has 0 atom stereocenters. The van der Waals surface area contributed by atoms with Crippen molar-refractivity contribution in [1.82, 2.24) is 10.2 Å². The van der Waals surface area contributed by atoms with Crippen molar-refractivity contribution in [2.45, 2.75) is 6.92 Å². The van der Waals surface area contributed by atoms with Crippen molar-refractivity contribution in [1.29, 1.82) is 0 Å². The molecule has 0 saturated heterocycles. The third kappa shape index (κ3) is 1.35. The molecule has 0 aliphatic heterocycles. The fraction of sp³-hybridized carbons (Fsp3) is 0.200. The van der Waals surface area contributed by atoms with Crippen LogP contribution in [0.2, 0.25) is 0 Å². The summed E-state index contributed by atoms with van der Waals surface area (Å²) in [4.78, 5) is 11.4. The molecule has 4 nitrogen and oxygen atoms in total. The number of nitrogens with one attached hydrogen (secondary N) is 2. The first-order chi connectivity index (χ1) is 6.83. The van der Waals surface area contributed by atoms with E-state index in [2.05, 4.69) is 15.5 Å². The number of rotatable bonds is 2. The average molecular weight is 189 g/mol. The van der Waals surface area contributed by atoms with Gasteiger partial charge in [0, 0.05) is 11.9 Å². The van der Waals surface area contributed by atoms with Gasteiger partial charge < -0.3 is 5.32 Å². The second kappa shape index (κ2) is 3.49. The number of hydrogen-bond acceptors (Lipinski definition) is 3. The number of H-pyrrole nitrogens is 1. The number of benzene rings is 1. The van der Waals surface area contributed by atoms with Crippen LogP contribution in [-0.2, 0) is 0 Å². The van der Waals surface area contributed by atoms with Crippen molar-refractivity contribution in [3.63, 3.8) is 0 Å². The van der Waals surface area contributed by atoms with Crippen molar-refractivity contribution in [2.24, 2.45) is 0 Å². The molecular weight excluding hydrogens is 178 g/mol. The van der Waals surface area contributed by atoms with Crippen LogP contribution < -0.4 is 10.9 Å². The van der Waals surface area contributed by atoms with E-state index < -0.39 is 0 Å². The van der Waals surface area contributed by atoms with Gasteiger partial charge in [-0.1, -0.05) is 18.2 Å². The summed E-state index contributed by atoms with van der Waals surface area (Å²) in [5, 5.41) is 11.0. The molecule has 2 rings (SSSR count). The minimum atomic E-state index is -0.151. The molecule has 0 spiro atoms. The molecular formula is C10H11N3O. The number of hydrogen-bond donors (Lipinski definition) is 2. The highest BCUT2D eigenvalue weighted by atomic mass is 16.1. The number of fused-ring (bicyclic) bond motifs is 1. The van der Waals surface area contributed by atoms with Crippen LogP contribution in [-0.4, -0.2) is 16.7 Å². The zero-order valence-corrected chi connectivity index (χ0v) is 7.87. The van der Waals surface area contributed by atoms with Gasteiger partial charge in [-0.25, -0.2) is 5.10 Å². The molecule has 14 heavy (non-hydrogen) atoms. The predicted octanol–water partition coefficient (Wildman–Crippen LogP) is 1.35. The molecule has 0 amide bonds. The molecule has 4 heteroatoms. The molecule has 0 saturated carbocycles. The number of anilines is 1. The van der Waals surface area contributed by atoms with Gasteiger partial charge in [0.15, 0.2) is 5.82 Å². The SMILES string of the molecule is CCNc1n[nH]c(=O)c2ccccc12. The summed E-state index contributed by atoms with van der Waals surface area (Å²) in [6.45, 7) is 2.77. The minimum Gasteiger partial charge on any atom is -0.368 e. The van der Waals surface area contributed by atoms with E-state index in [0.29, 0.717) is 5.39 Å². The highest BCUT2D eigenvalue weighted by Crippen LogP contribution is 2.15. The van der Waals surface area contributed by atoms with Crippen LogP contribution in [0.25, 0.3) is 10.8 Å². The molecule has 72 valence electrons. The van der Waals surface area contributed by atoms with Gasteiger partial charge in [-0.15, -0.1) is 0 Å². The maximum Gasteiger partial charge on any atom is 0.272 e. The summed E-state index contributed by atoms with van der Waals surface area (Å²) in [7, 11) is 0. The Morgan fingerprint density at radius 3 is 2.79 bits per heavy atom. The summed E-state index contributed by atoms with van der Waals surface area (Å²) < 4.78 is 0. The van der Waals surface area contributed by atoms with Crippen LogP contribution in [0.4, 0.5) is 5.82 Å². The fourth-order valence-corrected chi connectivity index (χ4v) is 1.42. The summed E-state index contributed by atoms with van der Waals surface area (Å²) in [5.41, 5.74) is -0.151. The Hall–Kier alpha value is -1.84. The van der Waals surface area contributed by atoms with Crippen molar-refractivity contribution < 1.29 is 0 Å². The first-order valence-electron chi connectivity index (χ1n) is 4.54. The largest absolute Gasteiger partial charge is 0.368 e. The molecule has 1 heterocycles. The zero-order valence-electron chi connectivity index (χ0n) is 7.87. The van der Waals surface area contributed by atoms with Gasteiger partial charge in [-0.3, -0.25) is 4.79 Å². The molecule has 0 radical (unpaired) electrons.